The minimum atomic E-state index is 0.712. The van der Waals surface area contributed by atoms with Crippen molar-refractivity contribution in [2.75, 3.05) is 7.05 Å². The van der Waals surface area contributed by atoms with Crippen LogP contribution in [0.1, 0.15) is 5.69 Å². The zero-order valence-corrected chi connectivity index (χ0v) is 10.8. The average molecular weight is 291 g/mol. The second kappa shape index (κ2) is 5.05. The Morgan fingerprint density at radius 3 is 2.94 bits per heavy atom. The number of nitrogens with two attached hydrogens (primary N) is 1. The fourth-order valence-electron chi connectivity index (χ4n) is 1.46. The molecule has 0 amide bonds. The van der Waals surface area contributed by atoms with E-state index in [2.05, 4.69) is 30.9 Å². The fourth-order valence-corrected chi connectivity index (χ4v) is 1.81. The molecule has 0 saturated carbocycles. The van der Waals surface area contributed by atoms with Gasteiger partial charge in [-0.25, -0.2) is 4.98 Å². The molecule has 2 aromatic rings. The van der Waals surface area contributed by atoms with Crippen molar-refractivity contribution < 1.29 is 0 Å². The van der Waals surface area contributed by atoms with Crippen molar-refractivity contribution in [3.05, 3.63) is 40.8 Å². The van der Waals surface area contributed by atoms with Gasteiger partial charge >= 0.3 is 0 Å². The maximum absolute atomic E-state index is 5.53. The quantitative estimate of drug-likeness (QED) is 0.864. The van der Waals surface area contributed by atoms with Crippen molar-refractivity contribution in [2.45, 2.75) is 0 Å². The molecule has 0 aliphatic carbocycles. The molecule has 0 spiro atoms. The van der Waals surface area contributed by atoms with E-state index in [1.165, 1.54) is 6.20 Å². The van der Waals surface area contributed by atoms with Gasteiger partial charge in [-0.1, -0.05) is 15.9 Å². The summed E-state index contributed by atoms with van der Waals surface area (Å²) in [5, 5.41) is 0. The number of rotatable bonds is 2. The Labute approximate surface area is 107 Å². The van der Waals surface area contributed by atoms with E-state index in [9.17, 15) is 0 Å². The summed E-state index contributed by atoms with van der Waals surface area (Å²) in [6.07, 6.45) is 4.82. The van der Waals surface area contributed by atoms with Crippen LogP contribution in [0.5, 0.6) is 0 Å². The zero-order chi connectivity index (χ0) is 12.3. The molecule has 0 saturated heterocycles. The largest absolute Gasteiger partial charge is 0.404 e. The molecule has 0 unspecified atom stereocenters. The molecule has 0 aliphatic heterocycles. The Morgan fingerprint density at radius 2 is 2.24 bits per heavy atom. The van der Waals surface area contributed by atoms with Gasteiger partial charge in [-0.3, -0.25) is 9.98 Å². The van der Waals surface area contributed by atoms with E-state index in [1.807, 2.05) is 18.2 Å². The van der Waals surface area contributed by atoms with Gasteiger partial charge in [0.25, 0.3) is 0 Å². The van der Waals surface area contributed by atoms with E-state index < -0.39 is 0 Å². The summed E-state index contributed by atoms with van der Waals surface area (Å²) < 4.78 is 0.971. The van der Waals surface area contributed by atoms with Crippen LogP contribution in [0, 0.1) is 0 Å². The van der Waals surface area contributed by atoms with Gasteiger partial charge in [0, 0.05) is 29.5 Å². The topological polar surface area (TPSA) is 64.2 Å². The highest BCUT2D eigenvalue weighted by atomic mass is 79.9. The molecule has 0 atom stereocenters. The molecule has 4 nitrogen and oxygen atoms in total. The van der Waals surface area contributed by atoms with Gasteiger partial charge in [0.05, 0.1) is 22.9 Å². The number of aromatic nitrogens is 2. The van der Waals surface area contributed by atoms with Crippen LogP contribution >= 0.6 is 15.9 Å². The summed E-state index contributed by atoms with van der Waals surface area (Å²) >= 11 is 3.41. The van der Waals surface area contributed by atoms with Gasteiger partial charge in [-0.2, -0.15) is 0 Å². The van der Waals surface area contributed by atoms with E-state index >= 15 is 0 Å². The highest BCUT2D eigenvalue weighted by Crippen LogP contribution is 2.18. The minimum absolute atomic E-state index is 0.712. The summed E-state index contributed by atoms with van der Waals surface area (Å²) in [5.41, 5.74) is 8.67. The number of benzene rings is 1. The van der Waals surface area contributed by atoms with E-state index in [0.717, 1.165) is 21.1 Å². The molecule has 0 aliphatic rings. The second-order valence-electron chi connectivity index (χ2n) is 3.40. The number of halogens is 1. The Balaban J connectivity index is 2.57. The van der Waals surface area contributed by atoms with Crippen molar-refractivity contribution in [2.24, 2.45) is 10.7 Å². The predicted octanol–water partition coefficient (Wildman–Crippen LogP) is 2.39. The number of aliphatic imine (C=N–C) groups is 1. The van der Waals surface area contributed by atoms with E-state index in [4.69, 9.17) is 5.73 Å². The molecule has 86 valence electrons. The lowest BCUT2D eigenvalue weighted by Gasteiger charge is -2.02. The van der Waals surface area contributed by atoms with Gasteiger partial charge in [-0.05, 0) is 18.2 Å². The van der Waals surface area contributed by atoms with Gasteiger partial charge < -0.3 is 5.73 Å². The van der Waals surface area contributed by atoms with Crippen molar-refractivity contribution >= 4 is 38.8 Å². The van der Waals surface area contributed by atoms with Gasteiger partial charge in [0.2, 0.25) is 0 Å². The third-order valence-corrected chi connectivity index (χ3v) is 2.74. The average Bonchev–Trinajstić information content (AvgIpc) is 2.35. The Bertz CT molecular complexity index is 604. The number of fused-ring (bicyclic) bond motifs is 1. The van der Waals surface area contributed by atoms with Crippen molar-refractivity contribution in [1.82, 2.24) is 9.97 Å². The summed E-state index contributed by atoms with van der Waals surface area (Å²) in [4.78, 5) is 12.8. The summed E-state index contributed by atoms with van der Waals surface area (Å²) in [6, 6.07) is 5.77. The highest BCUT2D eigenvalue weighted by Gasteiger charge is 2.03. The van der Waals surface area contributed by atoms with Crippen LogP contribution in [0.15, 0.2) is 40.1 Å². The maximum atomic E-state index is 5.53. The molecule has 0 bridgehead atoms. The number of allylic oxidation sites excluding steroid dienone is 1. The van der Waals surface area contributed by atoms with Gasteiger partial charge in [-0.15, -0.1) is 0 Å². The standard InChI is InChI=1S/C12H11BrN4/c1-15-6-8(5-14)12-7-16-10-3-2-9(13)4-11(10)17-12/h2-7H,14H2,1H3. The molecule has 1 aromatic heterocycles. The van der Waals surface area contributed by atoms with Crippen LogP contribution in [-0.4, -0.2) is 23.2 Å². The maximum Gasteiger partial charge on any atom is 0.0922 e. The SMILES string of the molecule is CN=CC(=CN)c1cnc2ccc(Br)cc2n1. The third-order valence-electron chi connectivity index (χ3n) is 2.25. The Kier molecular flexibility index (Phi) is 3.49. The summed E-state index contributed by atoms with van der Waals surface area (Å²) in [7, 11) is 1.69. The van der Waals surface area contributed by atoms with Crippen LogP contribution in [0.25, 0.3) is 16.6 Å². The lowest BCUT2D eigenvalue weighted by molar-refractivity contribution is 1.25. The van der Waals surface area contributed by atoms with Crippen LogP contribution in [0.4, 0.5) is 0 Å². The first-order chi connectivity index (χ1) is 8.24. The molecule has 5 heteroatoms. The van der Waals surface area contributed by atoms with Gasteiger partial charge in [0.15, 0.2) is 0 Å². The molecule has 0 radical (unpaired) electrons. The van der Waals surface area contributed by atoms with Crippen molar-refractivity contribution in [1.29, 1.82) is 0 Å². The smallest absolute Gasteiger partial charge is 0.0922 e. The lowest BCUT2D eigenvalue weighted by Crippen LogP contribution is -1.96. The number of nitrogens with zero attached hydrogens (tertiary/aromatic N) is 3. The molecule has 1 heterocycles. The van der Waals surface area contributed by atoms with Crippen LogP contribution in [0.2, 0.25) is 0 Å². The van der Waals surface area contributed by atoms with Crippen molar-refractivity contribution in [3.63, 3.8) is 0 Å². The van der Waals surface area contributed by atoms with E-state index in [-0.39, 0.29) is 0 Å². The zero-order valence-electron chi connectivity index (χ0n) is 9.26. The van der Waals surface area contributed by atoms with E-state index in [0.29, 0.717) is 5.69 Å². The first-order valence-electron chi connectivity index (χ1n) is 5.01. The van der Waals surface area contributed by atoms with Crippen LogP contribution < -0.4 is 5.73 Å². The Morgan fingerprint density at radius 1 is 1.41 bits per heavy atom. The van der Waals surface area contributed by atoms with Crippen LogP contribution in [0.3, 0.4) is 0 Å². The van der Waals surface area contributed by atoms with Gasteiger partial charge in [0.1, 0.15) is 0 Å². The summed E-state index contributed by atoms with van der Waals surface area (Å²) in [5.74, 6) is 0. The molecule has 17 heavy (non-hydrogen) atoms. The monoisotopic (exact) mass is 290 g/mol. The number of hydrogen-bond acceptors (Lipinski definition) is 4. The molecule has 0 fully saturated rings. The molecular weight excluding hydrogens is 280 g/mol. The predicted molar refractivity (Wildman–Crippen MR) is 73.8 cm³/mol. The minimum Gasteiger partial charge on any atom is -0.404 e. The normalized spacial score (nSPS) is 12.5. The first kappa shape index (κ1) is 11.7. The third kappa shape index (κ3) is 2.50. The number of hydrogen-bond donors (Lipinski definition) is 1. The molecular formula is C12H11BrN4. The first-order valence-corrected chi connectivity index (χ1v) is 5.80. The molecule has 2 N–H and O–H groups in total. The molecule has 2 rings (SSSR count). The second-order valence-corrected chi connectivity index (χ2v) is 4.31. The fraction of sp³-hybridized carbons (Fsp3) is 0.0833. The highest BCUT2D eigenvalue weighted by molar-refractivity contribution is 9.10. The van der Waals surface area contributed by atoms with E-state index in [1.54, 1.807) is 19.5 Å². The summed E-state index contributed by atoms with van der Waals surface area (Å²) in [6.45, 7) is 0. The van der Waals surface area contributed by atoms with Crippen molar-refractivity contribution in [3.8, 4) is 0 Å². The lowest BCUT2D eigenvalue weighted by atomic mass is 10.2. The molecule has 1 aromatic carbocycles. The Hall–Kier alpha value is -1.75. The van der Waals surface area contributed by atoms with Crippen LogP contribution in [-0.2, 0) is 0 Å².